The van der Waals surface area contributed by atoms with Gasteiger partial charge in [0.25, 0.3) is 0 Å². The molecule has 1 heterocycles. The molecule has 2 aliphatic rings. The average Bonchev–Trinajstić information content (AvgIpc) is 2.90. The van der Waals surface area contributed by atoms with E-state index >= 15 is 0 Å². The third kappa shape index (κ3) is 4.02. The molecular formula is C18H22F3NO2. The number of hydrogen-bond acceptors (Lipinski definition) is 2. The normalized spacial score (nSPS) is 22.9. The minimum Gasteiger partial charge on any atom is -0.406 e. The molecule has 1 saturated carbocycles. The van der Waals surface area contributed by atoms with Crippen LogP contribution in [0, 0.1) is 5.92 Å². The number of hydrogen-bond donors (Lipinski definition) is 0. The van der Waals surface area contributed by atoms with Crippen LogP contribution in [0.1, 0.15) is 44.1 Å². The van der Waals surface area contributed by atoms with Crippen molar-refractivity contribution in [2.45, 2.75) is 57.3 Å². The van der Waals surface area contributed by atoms with Gasteiger partial charge >= 0.3 is 6.36 Å². The Labute approximate surface area is 139 Å². The number of para-hydroxylation sites is 1. The molecule has 0 N–H and O–H groups in total. The molecule has 0 spiro atoms. The van der Waals surface area contributed by atoms with Crippen LogP contribution in [0.4, 0.5) is 13.2 Å². The van der Waals surface area contributed by atoms with Crippen molar-refractivity contribution in [3.8, 4) is 5.75 Å². The van der Waals surface area contributed by atoms with E-state index in [1.54, 1.807) is 12.1 Å². The zero-order valence-electron chi connectivity index (χ0n) is 13.5. The number of rotatable bonds is 4. The Bertz CT molecular complexity index is 582. The summed E-state index contributed by atoms with van der Waals surface area (Å²) >= 11 is 0. The SMILES string of the molecule is O=C1C(Cc2ccccc2OC(F)(F)F)CCN1C1CCCCC1. The maximum atomic E-state index is 12.7. The number of likely N-dealkylation sites (tertiary alicyclic amines) is 1. The number of halogens is 3. The number of ether oxygens (including phenoxy) is 1. The Balaban J connectivity index is 1.67. The number of carbonyl (C=O) groups excluding carboxylic acids is 1. The molecule has 3 rings (SSSR count). The lowest BCUT2D eigenvalue weighted by atomic mass is 9.94. The standard InChI is InChI=1S/C18H22F3NO2/c19-18(20,21)24-16-9-5-4-6-13(16)12-14-10-11-22(17(14)23)15-7-2-1-3-8-15/h4-6,9,14-15H,1-3,7-8,10-12H2. The van der Waals surface area contributed by atoms with Crippen LogP contribution in [-0.2, 0) is 11.2 Å². The summed E-state index contributed by atoms with van der Waals surface area (Å²) in [5.74, 6) is -0.359. The third-order valence-corrected chi connectivity index (χ3v) is 5.03. The highest BCUT2D eigenvalue weighted by Gasteiger charge is 2.37. The van der Waals surface area contributed by atoms with E-state index in [9.17, 15) is 18.0 Å². The zero-order chi connectivity index (χ0) is 17.2. The topological polar surface area (TPSA) is 29.5 Å². The van der Waals surface area contributed by atoms with Gasteiger partial charge in [0.15, 0.2) is 0 Å². The highest BCUT2D eigenvalue weighted by Crippen LogP contribution is 2.33. The van der Waals surface area contributed by atoms with E-state index in [2.05, 4.69) is 4.74 Å². The van der Waals surface area contributed by atoms with Gasteiger partial charge in [-0.25, -0.2) is 0 Å². The number of amides is 1. The summed E-state index contributed by atoms with van der Waals surface area (Å²) in [4.78, 5) is 14.6. The summed E-state index contributed by atoms with van der Waals surface area (Å²) in [5.41, 5.74) is 0.443. The van der Waals surface area contributed by atoms with E-state index in [1.807, 2.05) is 4.90 Å². The summed E-state index contributed by atoms with van der Waals surface area (Å²) in [6.07, 6.45) is 1.92. The van der Waals surface area contributed by atoms with Crippen LogP contribution in [0.5, 0.6) is 5.75 Å². The lowest BCUT2D eigenvalue weighted by Gasteiger charge is -2.31. The highest BCUT2D eigenvalue weighted by molar-refractivity contribution is 5.81. The summed E-state index contributed by atoms with van der Waals surface area (Å²) in [5, 5.41) is 0. The molecule has 1 atom stereocenters. The van der Waals surface area contributed by atoms with E-state index in [0.717, 1.165) is 32.2 Å². The monoisotopic (exact) mass is 341 g/mol. The maximum absolute atomic E-state index is 12.7. The van der Waals surface area contributed by atoms with Gasteiger partial charge in [-0.2, -0.15) is 0 Å². The van der Waals surface area contributed by atoms with Gasteiger partial charge in [0.05, 0.1) is 0 Å². The molecular weight excluding hydrogens is 319 g/mol. The Morgan fingerprint density at radius 1 is 1.08 bits per heavy atom. The van der Waals surface area contributed by atoms with Crippen LogP contribution in [-0.4, -0.2) is 29.8 Å². The van der Waals surface area contributed by atoms with Gasteiger partial charge in [-0.15, -0.1) is 13.2 Å². The molecule has 1 amide bonds. The predicted octanol–water partition coefficient (Wildman–Crippen LogP) is 4.31. The van der Waals surface area contributed by atoms with Crippen molar-refractivity contribution >= 4 is 5.91 Å². The fourth-order valence-corrected chi connectivity index (χ4v) is 3.87. The van der Waals surface area contributed by atoms with E-state index < -0.39 is 6.36 Å². The van der Waals surface area contributed by atoms with E-state index in [1.165, 1.54) is 18.6 Å². The van der Waals surface area contributed by atoms with Crippen LogP contribution in [0.2, 0.25) is 0 Å². The lowest BCUT2D eigenvalue weighted by Crippen LogP contribution is -2.39. The van der Waals surface area contributed by atoms with Crippen molar-refractivity contribution in [2.75, 3.05) is 6.54 Å². The van der Waals surface area contributed by atoms with Crippen molar-refractivity contribution in [1.82, 2.24) is 4.90 Å². The largest absolute Gasteiger partial charge is 0.573 e. The Kier molecular flexibility index (Phi) is 5.01. The predicted molar refractivity (Wildman–Crippen MR) is 83.5 cm³/mol. The molecule has 1 unspecified atom stereocenters. The second-order valence-electron chi connectivity index (χ2n) is 6.67. The first-order valence-electron chi connectivity index (χ1n) is 8.58. The molecule has 0 aromatic heterocycles. The first-order chi connectivity index (χ1) is 11.4. The first-order valence-corrected chi connectivity index (χ1v) is 8.58. The average molecular weight is 341 g/mol. The van der Waals surface area contributed by atoms with Gasteiger partial charge in [-0.3, -0.25) is 4.79 Å². The van der Waals surface area contributed by atoms with E-state index in [0.29, 0.717) is 24.4 Å². The van der Waals surface area contributed by atoms with Gasteiger partial charge in [-0.05, 0) is 37.3 Å². The maximum Gasteiger partial charge on any atom is 0.573 e. The van der Waals surface area contributed by atoms with E-state index in [-0.39, 0.29) is 17.6 Å². The summed E-state index contributed by atoms with van der Waals surface area (Å²) in [6.45, 7) is 0.719. The van der Waals surface area contributed by atoms with Crippen LogP contribution >= 0.6 is 0 Å². The summed E-state index contributed by atoms with van der Waals surface area (Å²) < 4.78 is 41.7. The number of nitrogens with zero attached hydrogens (tertiary/aromatic N) is 1. The Morgan fingerprint density at radius 2 is 1.79 bits per heavy atom. The molecule has 1 aliphatic carbocycles. The number of alkyl halides is 3. The molecule has 1 aromatic carbocycles. The van der Waals surface area contributed by atoms with Gasteiger partial charge in [0.2, 0.25) is 5.91 Å². The Morgan fingerprint density at radius 3 is 2.50 bits per heavy atom. The smallest absolute Gasteiger partial charge is 0.406 e. The van der Waals surface area contributed by atoms with E-state index in [4.69, 9.17) is 0 Å². The van der Waals surface area contributed by atoms with Gasteiger partial charge in [0.1, 0.15) is 5.75 Å². The van der Waals surface area contributed by atoms with Gasteiger partial charge in [0, 0.05) is 18.5 Å². The summed E-state index contributed by atoms with van der Waals surface area (Å²) in [6, 6.07) is 6.42. The first kappa shape index (κ1) is 17.1. The second kappa shape index (κ2) is 7.03. The van der Waals surface area contributed by atoms with Crippen LogP contribution in [0.25, 0.3) is 0 Å². The van der Waals surface area contributed by atoms with Crippen molar-refractivity contribution in [1.29, 1.82) is 0 Å². The molecule has 0 bridgehead atoms. The number of benzene rings is 1. The fourth-order valence-electron chi connectivity index (χ4n) is 3.87. The second-order valence-corrected chi connectivity index (χ2v) is 6.67. The molecule has 132 valence electrons. The van der Waals surface area contributed by atoms with Crippen LogP contribution < -0.4 is 4.74 Å². The third-order valence-electron chi connectivity index (χ3n) is 5.03. The van der Waals surface area contributed by atoms with Crippen molar-refractivity contribution < 1.29 is 22.7 Å². The number of carbonyl (C=O) groups is 1. The minimum atomic E-state index is -4.72. The van der Waals surface area contributed by atoms with Crippen LogP contribution in [0.3, 0.4) is 0 Å². The fraction of sp³-hybridized carbons (Fsp3) is 0.611. The van der Waals surface area contributed by atoms with Gasteiger partial charge in [-0.1, -0.05) is 37.5 Å². The molecule has 1 aromatic rings. The Hall–Kier alpha value is -1.72. The molecule has 3 nitrogen and oxygen atoms in total. The quantitative estimate of drug-likeness (QED) is 0.817. The zero-order valence-corrected chi connectivity index (χ0v) is 13.5. The van der Waals surface area contributed by atoms with Gasteiger partial charge < -0.3 is 9.64 Å². The highest BCUT2D eigenvalue weighted by atomic mass is 19.4. The molecule has 6 heteroatoms. The van der Waals surface area contributed by atoms with Crippen molar-refractivity contribution in [3.63, 3.8) is 0 Å². The van der Waals surface area contributed by atoms with Crippen molar-refractivity contribution in [3.05, 3.63) is 29.8 Å². The molecule has 2 fully saturated rings. The molecule has 24 heavy (non-hydrogen) atoms. The molecule has 0 radical (unpaired) electrons. The minimum absolute atomic E-state index is 0.0868. The lowest BCUT2D eigenvalue weighted by molar-refractivity contribution is -0.274. The van der Waals surface area contributed by atoms with Crippen molar-refractivity contribution in [2.24, 2.45) is 5.92 Å². The van der Waals surface area contributed by atoms with Crippen LogP contribution in [0.15, 0.2) is 24.3 Å². The molecule has 1 aliphatic heterocycles. The summed E-state index contributed by atoms with van der Waals surface area (Å²) in [7, 11) is 0. The molecule has 1 saturated heterocycles.